The van der Waals surface area contributed by atoms with Gasteiger partial charge in [-0.1, -0.05) is 0 Å². The lowest BCUT2D eigenvalue weighted by Crippen LogP contribution is -2.29. The molecule has 1 heterocycles. The van der Waals surface area contributed by atoms with Crippen molar-refractivity contribution in [2.45, 2.75) is 18.1 Å². The van der Waals surface area contributed by atoms with E-state index in [0.29, 0.717) is 17.4 Å². The van der Waals surface area contributed by atoms with Gasteiger partial charge in [0.25, 0.3) is 5.91 Å². The number of nitrogens with one attached hydrogen (secondary N) is 1. The van der Waals surface area contributed by atoms with Crippen LogP contribution in [0.15, 0.2) is 18.2 Å². The number of carbonyl (C=O) groups is 1. The second kappa shape index (κ2) is 5.40. The highest BCUT2D eigenvalue weighted by atomic mass is 32.2. The molecule has 1 fully saturated rings. The molecule has 1 aliphatic heterocycles. The smallest absolute Gasteiger partial charge is 0.251 e. The third-order valence-corrected chi connectivity index (χ3v) is 4.18. The highest BCUT2D eigenvalue weighted by Gasteiger charge is 2.16. The van der Waals surface area contributed by atoms with Crippen molar-refractivity contribution in [2.75, 3.05) is 18.0 Å². The van der Waals surface area contributed by atoms with Crippen molar-refractivity contribution in [1.29, 1.82) is 0 Å². The molecule has 1 aliphatic rings. The molecule has 0 radical (unpaired) electrons. The maximum absolute atomic E-state index is 13.2. The first kappa shape index (κ1) is 12.2. The predicted octanol–water partition coefficient (Wildman–Crippen LogP) is 2.03. The fourth-order valence-corrected chi connectivity index (χ4v) is 2.98. The molecule has 1 aromatic carbocycles. The van der Waals surface area contributed by atoms with E-state index in [1.165, 1.54) is 24.6 Å². The van der Waals surface area contributed by atoms with Gasteiger partial charge in [0.05, 0.1) is 5.69 Å². The topological polar surface area (TPSA) is 55.1 Å². The Kier molecular flexibility index (Phi) is 3.89. The zero-order chi connectivity index (χ0) is 12.3. The summed E-state index contributed by atoms with van der Waals surface area (Å²) >= 11 is 1.88. The third kappa shape index (κ3) is 3.12. The van der Waals surface area contributed by atoms with Gasteiger partial charge in [-0.2, -0.15) is 11.8 Å². The predicted molar refractivity (Wildman–Crippen MR) is 68.6 cm³/mol. The van der Waals surface area contributed by atoms with E-state index in [9.17, 15) is 9.18 Å². The number of rotatable bonds is 3. The van der Waals surface area contributed by atoms with E-state index < -0.39 is 5.82 Å². The highest BCUT2D eigenvalue weighted by molar-refractivity contribution is 8.00. The van der Waals surface area contributed by atoms with Crippen LogP contribution in [-0.4, -0.2) is 23.5 Å². The van der Waals surface area contributed by atoms with Gasteiger partial charge in [-0.05, 0) is 36.8 Å². The van der Waals surface area contributed by atoms with Crippen LogP contribution in [0, 0.1) is 5.82 Å². The summed E-state index contributed by atoms with van der Waals surface area (Å²) in [5.74, 6) is 0.376. The summed E-state index contributed by atoms with van der Waals surface area (Å²) in [7, 11) is 0. The van der Waals surface area contributed by atoms with Crippen LogP contribution in [0.1, 0.15) is 23.2 Å². The van der Waals surface area contributed by atoms with Gasteiger partial charge < -0.3 is 11.1 Å². The number of thioether (sulfide) groups is 1. The first-order chi connectivity index (χ1) is 8.16. The van der Waals surface area contributed by atoms with Gasteiger partial charge in [-0.25, -0.2) is 4.39 Å². The Hall–Kier alpha value is -1.23. The normalized spacial score (nSPS) is 19.2. The molecule has 0 bridgehead atoms. The Morgan fingerprint density at radius 1 is 1.59 bits per heavy atom. The molecule has 0 saturated carbocycles. The molecule has 0 spiro atoms. The van der Waals surface area contributed by atoms with E-state index in [0.717, 1.165) is 12.2 Å². The maximum atomic E-state index is 13.2. The van der Waals surface area contributed by atoms with Crippen LogP contribution in [-0.2, 0) is 0 Å². The molecule has 17 heavy (non-hydrogen) atoms. The molecule has 1 unspecified atom stereocenters. The van der Waals surface area contributed by atoms with Crippen LogP contribution in [0.3, 0.4) is 0 Å². The molecule has 0 aliphatic carbocycles. The summed E-state index contributed by atoms with van der Waals surface area (Å²) in [4.78, 5) is 11.7. The molecular formula is C12H15FN2OS. The summed E-state index contributed by atoms with van der Waals surface area (Å²) in [6, 6.07) is 4.12. The maximum Gasteiger partial charge on any atom is 0.251 e. The Bertz CT molecular complexity index is 419. The summed E-state index contributed by atoms with van der Waals surface area (Å²) in [5, 5.41) is 3.32. The first-order valence-corrected chi connectivity index (χ1v) is 6.66. The molecule has 3 nitrogen and oxygen atoms in total. The molecule has 2 rings (SSSR count). The lowest BCUT2D eigenvalue weighted by Gasteiger charge is -2.10. The van der Waals surface area contributed by atoms with E-state index in [2.05, 4.69) is 5.32 Å². The number of nitrogen functional groups attached to an aromatic ring is 1. The molecule has 1 amide bonds. The Labute approximate surface area is 104 Å². The highest BCUT2D eigenvalue weighted by Crippen LogP contribution is 2.25. The Morgan fingerprint density at radius 2 is 2.41 bits per heavy atom. The van der Waals surface area contributed by atoms with Gasteiger partial charge in [-0.15, -0.1) is 0 Å². The molecule has 92 valence electrons. The largest absolute Gasteiger partial charge is 0.396 e. The van der Waals surface area contributed by atoms with Crippen molar-refractivity contribution < 1.29 is 9.18 Å². The number of hydrogen-bond acceptors (Lipinski definition) is 3. The average Bonchev–Trinajstić information content (AvgIpc) is 2.82. The monoisotopic (exact) mass is 254 g/mol. The molecule has 5 heteroatoms. The molecule has 3 N–H and O–H groups in total. The van der Waals surface area contributed by atoms with Crippen LogP contribution >= 0.6 is 11.8 Å². The minimum atomic E-state index is -0.548. The Balaban J connectivity index is 1.92. The van der Waals surface area contributed by atoms with Gasteiger partial charge in [0.1, 0.15) is 5.82 Å². The summed E-state index contributed by atoms with van der Waals surface area (Å²) in [6.07, 6.45) is 2.35. The fraction of sp³-hybridized carbons (Fsp3) is 0.417. The van der Waals surface area contributed by atoms with Crippen molar-refractivity contribution in [3.05, 3.63) is 29.6 Å². The van der Waals surface area contributed by atoms with Crippen LogP contribution in [0.5, 0.6) is 0 Å². The minimum Gasteiger partial charge on any atom is -0.396 e. The zero-order valence-corrected chi connectivity index (χ0v) is 10.2. The van der Waals surface area contributed by atoms with Crippen molar-refractivity contribution in [1.82, 2.24) is 5.32 Å². The number of benzene rings is 1. The second-order valence-corrected chi connectivity index (χ2v) is 5.49. The number of hydrogen-bond donors (Lipinski definition) is 2. The first-order valence-electron chi connectivity index (χ1n) is 5.61. The van der Waals surface area contributed by atoms with Gasteiger partial charge in [0.15, 0.2) is 0 Å². The number of carbonyl (C=O) groups excluding carboxylic acids is 1. The van der Waals surface area contributed by atoms with E-state index in [-0.39, 0.29) is 11.6 Å². The van der Waals surface area contributed by atoms with Crippen molar-refractivity contribution in [3.63, 3.8) is 0 Å². The summed E-state index contributed by atoms with van der Waals surface area (Å²) in [6.45, 7) is 0.648. The van der Waals surface area contributed by atoms with E-state index >= 15 is 0 Å². The van der Waals surface area contributed by atoms with Gasteiger partial charge in [0, 0.05) is 17.4 Å². The SMILES string of the molecule is Nc1ccc(C(=O)NCC2CCCS2)cc1F. The minimum absolute atomic E-state index is 0.0629. The number of nitrogens with two attached hydrogens (primary N) is 1. The quantitative estimate of drug-likeness (QED) is 0.812. The van der Waals surface area contributed by atoms with Gasteiger partial charge >= 0.3 is 0 Å². The van der Waals surface area contributed by atoms with E-state index in [1.54, 1.807) is 0 Å². The van der Waals surface area contributed by atoms with Crippen molar-refractivity contribution in [3.8, 4) is 0 Å². The van der Waals surface area contributed by atoms with Crippen molar-refractivity contribution in [2.24, 2.45) is 0 Å². The van der Waals surface area contributed by atoms with Gasteiger partial charge in [-0.3, -0.25) is 4.79 Å². The summed E-state index contributed by atoms with van der Waals surface area (Å²) < 4.78 is 13.2. The lowest BCUT2D eigenvalue weighted by atomic mass is 10.2. The molecule has 1 atom stereocenters. The van der Waals surface area contributed by atoms with Gasteiger partial charge in [0.2, 0.25) is 0 Å². The molecule has 1 saturated heterocycles. The van der Waals surface area contributed by atoms with Crippen LogP contribution in [0.2, 0.25) is 0 Å². The number of amides is 1. The average molecular weight is 254 g/mol. The van der Waals surface area contributed by atoms with Crippen LogP contribution in [0.25, 0.3) is 0 Å². The second-order valence-electron chi connectivity index (χ2n) is 4.08. The van der Waals surface area contributed by atoms with Crippen LogP contribution < -0.4 is 11.1 Å². The van der Waals surface area contributed by atoms with Crippen LogP contribution in [0.4, 0.5) is 10.1 Å². The molecule has 0 aromatic heterocycles. The number of anilines is 1. The molecule has 1 aromatic rings. The molecular weight excluding hydrogens is 239 g/mol. The third-order valence-electron chi connectivity index (χ3n) is 2.78. The standard InChI is InChI=1S/C12H15FN2OS/c13-10-6-8(3-4-11(10)14)12(16)15-7-9-2-1-5-17-9/h3-4,6,9H,1-2,5,7,14H2,(H,15,16). The van der Waals surface area contributed by atoms with Crippen molar-refractivity contribution >= 4 is 23.4 Å². The Morgan fingerprint density at radius 3 is 3.06 bits per heavy atom. The van der Waals surface area contributed by atoms with E-state index in [1.807, 2.05) is 11.8 Å². The van der Waals surface area contributed by atoms with E-state index in [4.69, 9.17) is 5.73 Å². The zero-order valence-electron chi connectivity index (χ0n) is 9.41. The lowest BCUT2D eigenvalue weighted by molar-refractivity contribution is 0.0953. The fourth-order valence-electron chi connectivity index (χ4n) is 1.78. The number of halogens is 1. The summed E-state index contributed by atoms with van der Waals surface area (Å²) in [5.41, 5.74) is 5.73.